The van der Waals surface area contributed by atoms with E-state index in [9.17, 15) is 9.59 Å². The first kappa shape index (κ1) is 31.8. The number of allylic oxidation sites excluding steroid dienone is 1. The molecule has 1 unspecified atom stereocenters. The zero-order valence-electron chi connectivity index (χ0n) is 28.0. The quantitative estimate of drug-likeness (QED) is 0.244. The Bertz CT molecular complexity index is 1910. The van der Waals surface area contributed by atoms with Crippen LogP contribution in [-0.4, -0.2) is 75.0 Å². The normalized spacial score (nSPS) is 19.0. The number of amides is 1. The topological polar surface area (TPSA) is 96.5 Å². The molecule has 3 aromatic carbocycles. The van der Waals surface area contributed by atoms with Crippen LogP contribution in [0.4, 0.5) is 17.2 Å². The molecule has 1 saturated heterocycles. The van der Waals surface area contributed by atoms with Gasteiger partial charge in [-0.15, -0.1) is 0 Å². The van der Waals surface area contributed by atoms with E-state index in [2.05, 4.69) is 41.1 Å². The maximum absolute atomic E-state index is 14.3. The van der Waals surface area contributed by atoms with Crippen LogP contribution in [0.15, 0.2) is 71.9 Å². The van der Waals surface area contributed by atoms with Gasteiger partial charge in [0, 0.05) is 54.8 Å². The molecule has 0 spiro atoms. The number of piperazine rings is 1. The number of fused-ring (bicyclic) bond motifs is 2. The van der Waals surface area contributed by atoms with E-state index in [4.69, 9.17) is 18.6 Å². The van der Waals surface area contributed by atoms with Crippen molar-refractivity contribution >= 4 is 50.5 Å². The number of Topliss-reactive ketones (excluding diaryl/α,β-unsaturated/α-hetero) is 1. The summed E-state index contributed by atoms with van der Waals surface area (Å²) in [7, 11) is 4.74. The number of carbonyl (C=O) groups excluding carboxylic acids is 2. The summed E-state index contributed by atoms with van der Waals surface area (Å²) in [5, 5.41) is 4.78. The van der Waals surface area contributed by atoms with Crippen molar-refractivity contribution in [3.05, 3.63) is 77.5 Å². The van der Waals surface area contributed by atoms with Crippen LogP contribution < -0.4 is 29.3 Å². The van der Waals surface area contributed by atoms with Crippen molar-refractivity contribution in [2.45, 2.75) is 32.7 Å². The molecule has 7 rings (SSSR count). The molecule has 2 aliphatic heterocycles. The van der Waals surface area contributed by atoms with Crippen molar-refractivity contribution in [1.82, 2.24) is 9.27 Å². The third kappa shape index (κ3) is 5.59. The molecule has 1 aliphatic carbocycles. The summed E-state index contributed by atoms with van der Waals surface area (Å²) in [6, 6.07) is 19.4. The predicted octanol–water partition coefficient (Wildman–Crippen LogP) is 6.29. The largest absolute Gasteiger partial charge is 0.493 e. The minimum Gasteiger partial charge on any atom is -0.493 e. The van der Waals surface area contributed by atoms with E-state index in [0.717, 1.165) is 38.5 Å². The van der Waals surface area contributed by atoms with Crippen molar-refractivity contribution in [3.63, 3.8) is 0 Å². The summed E-state index contributed by atoms with van der Waals surface area (Å²) >= 11 is 1.50. The van der Waals surface area contributed by atoms with Crippen LogP contribution in [0.25, 0.3) is 10.1 Å². The van der Waals surface area contributed by atoms with Gasteiger partial charge in [-0.2, -0.15) is 4.37 Å². The van der Waals surface area contributed by atoms with Crippen LogP contribution in [-0.2, 0) is 9.59 Å². The second-order valence-corrected chi connectivity index (χ2v) is 14.1. The number of ether oxygens (including phenoxy) is 3. The Morgan fingerprint density at radius 3 is 2.40 bits per heavy atom. The van der Waals surface area contributed by atoms with Gasteiger partial charge in [0.25, 0.3) is 0 Å². The van der Waals surface area contributed by atoms with Crippen molar-refractivity contribution in [3.8, 4) is 17.2 Å². The number of methoxy groups -OCH3 is 3. The summed E-state index contributed by atoms with van der Waals surface area (Å²) in [5.74, 6) is 2.44. The van der Waals surface area contributed by atoms with E-state index in [-0.39, 0.29) is 23.7 Å². The number of carbonyl (C=O) groups is 2. The lowest BCUT2D eigenvalue weighted by molar-refractivity contribution is -0.130. The van der Waals surface area contributed by atoms with Gasteiger partial charge in [-0.05, 0) is 59.8 Å². The molecule has 1 aromatic heterocycles. The number of rotatable bonds is 7. The maximum Gasteiger partial charge on any atom is 0.242 e. The van der Waals surface area contributed by atoms with Gasteiger partial charge in [0.05, 0.1) is 50.0 Å². The van der Waals surface area contributed by atoms with E-state index >= 15 is 0 Å². The smallest absolute Gasteiger partial charge is 0.242 e. The van der Waals surface area contributed by atoms with Gasteiger partial charge in [0.1, 0.15) is 5.82 Å². The maximum atomic E-state index is 14.3. The molecule has 3 heterocycles. The fourth-order valence-electron chi connectivity index (χ4n) is 7.40. The molecule has 1 amide bonds. The van der Waals surface area contributed by atoms with E-state index in [1.165, 1.54) is 11.5 Å². The van der Waals surface area contributed by atoms with Crippen LogP contribution >= 0.6 is 11.5 Å². The average Bonchev–Trinajstić information content (AvgIpc) is 3.47. The number of ketones is 1. The van der Waals surface area contributed by atoms with Crippen molar-refractivity contribution in [2.75, 3.05) is 69.2 Å². The first-order chi connectivity index (χ1) is 23.2. The number of aromatic nitrogens is 1. The molecule has 0 bridgehead atoms. The summed E-state index contributed by atoms with van der Waals surface area (Å²) in [6.07, 6.45) is 1.08. The lowest BCUT2D eigenvalue weighted by Gasteiger charge is -2.40. The third-order valence-electron chi connectivity index (χ3n) is 9.63. The molecule has 48 heavy (non-hydrogen) atoms. The number of para-hydroxylation sites is 2. The Morgan fingerprint density at radius 1 is 0.917 bits per heavy atom. The molecule has 1 N–H and O–H groups in total. The monoisotopic (exact) mass is 667 g/mol. The minimum absolute atomic E-state index is 0.00956. The van der Waals surface area contributed by atoms with Gasteiger partial charge in [0.2, 0.25) is 11.7 Å². The number of benzene rings is 3. The number of nitrogens with one attached hydrogen (secondary N) is 1. The summed E-state index contributed by atoms with van der Waals surface area (Å²) < 4.78 is 23.3. The van der Waals surface area contributed by atoms with Crippen LogP contribution in [0.3, 0.4) is 0 Å². The molecule has 250 valence electrons. The molecule has 3 aliphatic rings. The SMILES string of the molecule is COc1ccc(C2C3=C(CC(C)(C)CC3=O)Nc3ccccc3N2CC(=O)N2CCN(c3nsc4ccccc34)CC2)c(OC)c1OC. The number of hydrogen-bond acceptors (Lipinski definition) is 10. The fourth-order valence-corrected chi connectivity index (χ4v) is 8.20. The Hall–Kier alpha value is -4.77. The molecule has 0 saturated carbocycles. The van der Waals surface area contributed by atoms with Gasteiger partial charge < -0.3 is 34.2 Å². The number of anilines is 3. The molecule has 1 atom stereocenters. The number of nitrogens with zero attached hydrogens (tertiary/aromatic N) is 4. The average molecular weight is 668 g/mol. The standard InChI is InChI=1S/C37H41N5O5S/c1-37(2)20-26-32(28(43)21-37)33(24-14-15-29(45-3)35(47-5)34(24)46-4)42(27-12-8-7-11-25(27)38-26)22-31(44)40-16-18-41(19-17-40)36-23-10-6-9-13-30(23)48-39-36/h6-15,33,38H,16-22H2,1-5H3. The Kier molecular flexibility index (Phi) is 8.41. The third-order valence-corrected chi connectivity index (χ3v) is 10.4. The lowest BCUT2D eigenvalue weighted by atomic mass is 9.73. The van der Waals surface area contributed by atoms with Gasteiger partial charge in [-0.3, -0.25) is 9.59 Å². The second kappa shape index (κ2) is 12.7. The van der Waals surface area contributed by atoms with E-state index in [0.29, 0.717) is 61.8 Å². The summed E-state index contributed by atoms with van der Waals surface area (Å²) in [5.41, 5.74) is 3.69. The van der Waals surface area contributed by atoms with Crippen LogP contribution in [0.1, 0.15) is 38.3 Å². The highest BCUT2D eigenvalue weighted by atomic mass is 32.1. The van der Waals surface area contributed by atoms with Crippen LogP contribution in [0.2, 0.25) is 0 Å². The van der Waals surface area contributed by atoms with Crippen LogP contribution in [0, 0.1) is 5.41 Å². The Balaban J connectivity index is 1.28. The highest BCUT2D eigenvalue weighted by Gasteiger charge is 2.44. The van der Waals surface area contributed by atoms with E-state index in [1.54, 1.807) is 21.3 Å². The highest BCUT2D eigenvalue weighted by Crippen LogP contribution is 2.52. The van der Waals surface area contributed by atoms with Crippen LogP contribution in [0.5, 0.6) is 17.2 Å². The Labute approximate surface area is 285 Å². The molecule has 10 nitrogen and oxygen atoms in total. The second-order valence-electron chi connectivity index (χ2n) is 13.3. The van der Waals surface area contributed by atoms with Gasteiger partial charge in [-0.1, -0.05) is 38.1 Å². The van der Waals surface area contributed by atoms with Gasteiger partial charge in [0.15, 0.2) is 17.3 Å². The highest BCUT2D eigenvalue weighted by molar-refractivity contribution is 7.13. The van der Waals surface area contributed by atoms with Gasteiger partial charge in [-0.25, -0.2) is 0 Å². The zero-order chi connectivity index (χ0) is 33.6. The van der Waals surface area contributed by atoms with Crippen molar-refractivity contribution in [2.24, 2.45) is 5.41 Å². The zero-order valence-corrected chi connectivity index (χ0v) is 28.9. The van der Waals surface area contributed by atoms with E-state index < -0.39 is 6.04 Å². The lowest BCUT2D eigenvalue weighted by Crippen LogP contribution is -2.52. The molecule has 0 radical (unpaired) electrons. The fraction of sp³-hybridized carbons (Fsp3) is 0.378. The van der Waals surface area contributed by atoms with E-state index in [1.807, 2.05) is 53.4 Å². The molecular weight excluding hydrogens is 627 g/mol. The van der Waals surface area contributed by atoms with Crippen molar-refractivity contribution < 1.29 is 23.8 Å². The number of hydrogen-bond donors (Lipinski definition) is 1. The first-order valence-corrected chi connectivity index (χ1v) is 17.0. The molecule has 11 heteroatoms. The first-order valence-electron chi connectivity index (χ1n) is 16.3. The Morgan fingerprint density at radius 2 is 1.65 bits per heavy atom. The summed E-state index contributed by atoms with van der Waals surface area (Å²) in [6.45, 7) is 6.82. The minimum atomic E-state index is -0.624. The molecular formula is C37H41N5O5S. The van der Waals surface area contributed by atoms with Gasteiger partial charge >= 0.3 is 0 Å². The molecule has 1 fully saturated rings. The summed E-state index contributed by atoms with van der Waals surface area (Å²) in [4.78, 5) is 34.9. The molecule has 4 aromatic rings. The predicted molar refractivity (Wildman–Crippen MR) is 190 cm³/mol. The van der Waals surface area contributed by atoms with Crippen molar-refractivity contribution in [1.29, 1.82) is 0 Å².